The van der Waals surface area contributed by atoms with E-state index in [1.807, 2.05) is 30.4 Å². The van der Waals surface area contributed by atoms with Crippen molar-refractivity contribution in [2.45, 2.75) is 0 Å². The van der Waals surface area contributed by atoms with E-state index in [9.17, 15) is 0 Å². The second-order valence-corrected chi connectivity index (χ2v) is 4.80. The van der Waals surface area contributed by atoms with E-state index in [-0.39, 0.29) is 0 Å². The van der Waals surface area contributed by atoms with Gasteiger partial charge in [-0.25, -0.2) is 4.98 Å². The molecular formula is C15H13N5. The minimum atomic E-state index is 0.896. The van der Waals surface area contributed by atoms with Crippen molar-refractivity contribution >= 4 is 27.5 Å². The maximum atomic E-state index is 4.76. The largest absolute Gasteiger partial charge is 0.300 e. The molecule has 0 saturated heterocycles. The van der Waals surface area contributed by atoms with Crippen LogP contribution in [0.1, 0.15) is 5.69 Å². The van der Waals surface area contributed by atoms with Crippen LogP contribution < -0.4 is 11.0 Å². The number of nitrogens with one attached hydrogen (secondary N) is 2. The molecule has 0 amide bonds. The number of hydrazine groups is 2. The fraction of sp³-hybridized carbons (Fsp3) is 0.0667. The van der Waals surface area contributed by atoms with Crippen LogP contribution in [0.3, 0.4) is 0 Å². The molecule has 0 aliphatic carbocycles. The highest BCUT2D eigenvalue weighted by atomic mass is 15.7. The summed E-state index contributed by atoms with van der Waals surface area (Å²) in [6.07, 6.45) is 3.77. The first-order valence-corrected chi connectivity index (χ1v) is 6.42. The Morgan fingerprint density at radius 1 is 1.00 bits per heavy atom. The van der Waals surface area contributed by atoms with Crippen molar-refractivity contribution in [3.8, 4) is 0 Å². The number of nitrogens with zero attached hydrogens (tertiary/aromatic N) is 3. The van der Waals surface area contributed by atoms with Crippen molar-refractivity contribution < 1.29 is 0 Å². The lowest BCUT2D eigenvalue weighted by atomic mass is 10.1. The lowest BCUT2D eigenvalue weighted by Gasteiger charge is -2.07. The maximum absolute atomic E-state index is 4.76. The fourth-order valence-electron chi connectivity index (χ4n) is 2.41. The third-order valence-corrected chi connectivity index (χ3v) is 3.40. The molecule has 1 aliphatic rings. The van der Waals surface area contributed by atoms with Crippen molar-refractivity contribution in [2.24, 2.45) is 0 Å². The van der Waals surface area contributed by atoms with Crippen LogP contribution in [0.25, 0.3) is 27.5 Å². The highest BCUT2D eigenvalue weighted by molar-refractivity contribution is 6.02. The molecule has 0 bridgehead atoms. The number of rotatable bonds is 1. The molecule has 98 valence electrons. The summed E-state index contributed by atoms with van der Waals surface area (Å²) in [4.78, 5) is 9.22. The molecule has 3 aromatic rings. The van der Waals surface area contributed by atoms with Gasteiger partial charge in [0.05, 0.1) is 22.4 Å². The SMILES string of the molecule is CN1C=C(c2ccc3ccc4cccnc4c3n2)NN1. The van der Waals surface area contributed by atoms with E-state index in [4.69, 9.17) is 4.98 Å². The van der Waals surface area contributed by atoms with Gasteiger partial charge in [0.2, 0.25) is 0 Å². The highest BCUT2D eigenvalue weighted by Gasteiger charge is 2.12. The summed E-state index contributed by atoms with van der Waals surface area (Å²) >= 11 is 0. The van der Waals surface area contributed by atoms with Crippen LogP contribution >= 0.6 is 0 Å². The Bertz CT molecular complexity index is 840. The van der Waals surface area contributed by atoms with Crippen LogP contribution in [-0.2, 0) is 0 Å². The molecule has 1 aliphatic heterocycles. The smallest absolute Gasteiger partial charge is 0.0972 e. The van der Waals surface area contributed by atoms with Crippen molar-refractivity contribution in [1.82, 2.24) is 25.9 Å². The molecule has 4 rings (SSSR count). The monoisotopic (exact) mass is 263 g/mol. The van der Waals surface area contributed by atoms with E-state index in [1.54, 1.807) is 6.20 Å². The summed E-state index contributed by atoms with van der Waals surface area (Å²) < 4.78 is 0. The third kappa shape index (κ3) is 1.68. The average molecular weight is 263 g/mol. The number of pyridine rings is 2. The quantitative estimate of drug-likeness (QED) is 0.658. The van der Waals surface area contributed by atoms with E-state index in [2.05, 4.69) is 40.2 Å². The second-order valence-electron chi connectivity index (χ2n) is 4.80. The zero-order valence-electron chi connectivity index (χ0n) is 11.0. The van der Waals surface area contributed by atoms with Gasteiger partial charge < -0.3 is 5.43 Å². The maximum Gasteiger partial charge on any atom is 0.0972 e. The summed E-state index contributed by atoms with van der Waals surface area (Å²) in [6, 6.07) is 12.2. The number of aromatic nitrogens is 2. The van der Waals surface area contributed by atoms with E-state index < -0.39 is 0 Å². The van der Waals surface area contributed by atoms with E-state index in [0.717, 1.165) is 33.2 Å². The second kappa shape index (κ2) is 4.18. The van der Waals surface area contributed by atoms with Crippen LogP contribution in [-0.4, -0.2) is 22.0 Å². The van der Waals surface area contributed by atoms with Gasteiger partial charge in [-0.1, -0.05) is 24.3 Å². The fourth-order valence-corrected chi connectivity index (χ4v) is 2.41. The summed E-state index contributed by atoms with van der Waals surface area (Å²) in [6.45, 7) is 0. The van der Waals surface area contributed by atoms with Crippen molar-refractivity contribution in [3.63, 3.8) is 0 Å². The predicted molar refractivity (Wildman–Crippen MR) is 79.1 cm³/mol. The Morgan fingerprint density at radius 3 is 2.60 bits per heavy atom. The molecule has 0 fully saturated rings. The summed E-state index contributed by atoms with van der Waals surface area (Å²) in [5, 5.41) is 4.05. The standard InChI is InChI=1S/C15H13N5/c1-20-9-13(18-19-20)12-7-6-11-5-4-10-3-2-8-16-14(10)15(11)17-12/h2-9,18-19H,1H3. The van der Waals surface area contributed by atoms with Crippen LogP contribution in [0.5, 0.6) is 0 Å². The molecule has 5 heteroatoms. The van der Waals surface area contributed by atoms with Gasteiger partial charge in [-0.2, -0.15) is 0 Å². The Kier molecular flexibility index (Phi) is 2.34. The van der Waals surface area contributed by atoms with Crippen molar-refractivity contribution in [2.75, 3.05) is 7.05 Å². The Balaban J connectivity index is 1.98. The number of fused-ring (bicyclic) bond motifs is 3. The van der Waals surface area contributed by atoms with Gasteiger partial charge in [-0.05, 0) is 12.1 Å². The summed E-state index contributed by atoms with van der Waals surface area (Å²) in [5.74, 6) is 0. The first kappa shape index (κ1) is 11.2. The summed E-state index contributed by atoms with van der Waals surface area (Å²) in [5.41, 5.74) is 9.79. The molecule has 1 aromatic carbocycles. The number of benzene rings is 1. The predicted octanol–water partition coefficient (Wildman–Crippen LogP) is 2.04. The lowest BCUT2D eigenvalue weighted by Crippen LogP contribution is -2.33. The van der Waals surface area contributed by atoms with Gasteiger partial charge in [0, 0.05) is 30.2 Å². The van der Waals surface area contributed by atoms with E-state index >= 15 is 0 Å². The average Bonchev–Trinajstić information content (AvgIpc) is 2.93. The molecule has 0 atom stereocenters. The molecular weight excluding hydrogens is 250 g/mol. The Hall–Kier alpha value is -2.66. The molecule has 20 heavy (non-hydrogen) atoms. The molecule has 0 radical (unpaired) electrons. The molecule has 0 spiro atoms. The van der Waals surface area contributed by atoms with Gasteiger partial charge in [-0.15, -0.1) is 5.53 Å². The number of hydrogen-bond donors (Lipinski definition) is 2. The Morgan fingerprint density at radius 2 is 1.80 bits per heavy atom. The summed E-state index contributed by atoms with van der Waals surface area (Å²) in [7, 11) is 1.93. The van der Waals surface area contributed by atoms with Crippen molar-refractivity contribution in [3.05, 3.63) is 54.5 Å². The lowest BCUT2D eigenvalue weighted by molar-refractivity contribution is 0.330. The van der Waals surface area contributed by atoms with Gasteiger partial charge in [-0.3, -0.25) is 9.99 Å². The van der Waals surface area contributed by atoms with Crippen LogP contribution in [0.15, 0.2) is 48.8 Å². The zero-order valence-corrected chi connectivity index (χ0v) is 11.0. The van der Waals surface area contributed by atoms with Gasteiger partial charge in [0.1, 0.15) is 0 Å². The van der Waals surface area contributed by atoms with Crippen LogP contribution in [0.2, 0.25) is 0 Å². The third-order valence-electron chi connectivity index (χ3n) is 3.40. The molecule has 2 aromatic heterocycles. The van der Waals surface area contributed by atoms with Gasteiger partial charge in [0.25, 0.3) is 0 Å². The first-order chi connectivity index (χ1) is 9.81. The molecule has 0 unspecified atom stereocenters. The topological polar surface area (TPSA) is 53.1 Å². The van der Waals surface area contributed by atoms with E-state index in [1.165, 1.54) is 0 Å². The molecule has 3 heterocycles. The van der Waals surface area contributed by atoms with Gasteiger partial charge in [0.15, 0.2) is 0 Å². The minimum absolute atomic E-state index is 0.896. The highest BCUT2D eigenvalue weighted by Crippen LogP contribution is 2.24. The minimum Gasteiger partial charge on any atom is -0.300 e. The van der Waals surface area contributed by atoms with Crippen LogP contribution in [0.4, 0.5) is 0 Å². The van der Waals surface area contributed by atoms with Crippen LogP contribution in [0, 0.1) is 0 Å². The van der Waals surface area contributed by atoms with Crippen molar-refractivity contribution in [1.29, 1.82) is 0 Å². The number of hydrogen-bond acceptors (Lipinski definition) is 5. The van der Waals surface area contributed by atoms with Gasteiger partial charge >= 0.3 is 0 Å². The Labute approximate surface area is 115 Å². The molecule has 2 N–H and O–H groups in total. The normalized spacial score (nSPS) is 14.7. The zero-order chi connectivity index (χ0) is 13.5. The van der Waals surface area contributed by atoms with E-state index in [0.29, 0.717) is 0 Å². The molecule has 5 nitrogen and oxygen atoms in total. The first-order valence-electron chi connectivity index (χ1n) is 6.42. The molecule has 0 saturated carbocycles.